The highest BCUT2D eigenvalue weighted by molar-refractivity contribution is 5.90. The average molecular weight is 352 g/mol. The van der Waals surface area contributed by atoms with Gasteiger partial charge in [-0.05, 0) is 25.1 Å². The summed E-state index contributed by atoms with van der Waals surface area (Å²) in [6.07, 6.45) is -3.05. The molecule has 6 nitrogen and oxygen atoms in total. The lowest BCUT2D eigenvalue weighted by Crippen LogP contribution is -2.05. The Balaban J connectivity index is 1.66. The number of hydrogen-bond donors (Lipinski definition) is 0. The average Bonchev–Trinajstić information content (AvgIpc) is 3.21. The SMILES string of the molecule is Cc1occc1C(=O)OCc1nc(-c2ccc(C(F)(F)F)cc2)no1. The van der Waals surface area contributed by atoms with Gasteiger partial charge in [-0.3, -0.25) is 0 Å². The molecule has 0 amide bonds. The lowest BCUT2D eigenvalue weighted by Gasteiger charge is -2.05. The zero-order valence-electron chi connectivity index (χ0n) is 12.8. The maximum absolute atomic E-state index is 12.5. The number of ether oxygens (including phenoxy) is 1. The van der Waals surface area contributed by atoms with E-state index < -0.39 is 17.7 Å². The molecule has 3 rings (SSSR count). The Labute approximate surface area is 139 Å². The maximum Gasteiger partial charge on any atom is 0.416 e. The Morgan fingerprint density at radius 2 is 1.92 bits per heavy atom. The zero-order valence-corrected chi connectivity index (χ0v) is 12.8. The van der Waals surface area contributed by atoms with E-state index in [0.717, 1.165) is 12.1 Å². The fraction of sp³-hybridized carbons (Fsp3) is 0.188. The third-order valence-electron chi connectivity index (χ3n) is 3.34. The first kappa shape index (κ1) is 16.7. The molecule has 0 saturated carbocycles. The molecule has 0 spiro atoms. The number of aryl methyl sites for hydroxylation is 1. The van der Waals surface area contributed by atoms with E-state index in [2.05, 4.69) is 10.1 Å². The molecular formula is C16H11F3N2O4. The highest BCUT2D eigenvalue weighted by atomic mass is 19.4. The number of hydrogen-bond acceptors (Lipinski definition) is 6. The molecule has 0 aliphatic carbocycles. The Morgan fingerprint density at radius 1 is 1.20 bits per heavy atom. The minimum atomic E-state index is -4.42. The normalized spacial score (nSPS) is 11.5. The topological polar surface area (TPSA) is 78.4 Å². The van der Waals surface area contributed by atoms with Gasteiger partial charge in [0.1, 0.15) is 11.3 Å². The highest BCUT2D eigenvalue weighted by Crippen LogP contribution is 2.30. The lowest BCUT2D eigenvalue weighted by atomic mass is 10.1. The van der Waals surface area contributed by atoms with Gasteiger partial charge in [-0.2, -0.15) is 18.2 Å². The molecule has 3 aromatic rings. The van der Waals surface area contributed by atoms with Crippen molar-refractivity contribution in [2.75, 3.05) is 0 Å². The molecule has 0 N–H and O–H groups in total. The van der Waals surface area contributed by atoms with Crippen LogP contribution in [0.15, 0.2) is 45.5 Å². The molecule has 0 radical (unpaired) electrons. The molecule has 25 heavy (non-hydrogen) atoms. The molecule has 0 aliphatic rings. The van der Waals surface area contributed by atoms with Crippen LogP contribution in [-0.4, -0.2) is 16.1 Å². The molecule has 0 fully saturated rings. The van der Waals surface area contributed by atoms with Crippen molar-refractivity contribution < 1.29 is 31.6 Å². The quantitative estimate of drug-likeness (QED) is 0.660. The molecule has 0 bridgehead atoms. The van der Waals surface area contributed by atoms with Crippen LogP contribution in [0.4, 0.5) is 13.2 Å². The third-order valence-corrected chi connectivity index (χ3v) is 3.34. The summed E-state index contributed by atoms with van der Waals surface area (Å²) >= 11 is 0. The third kappa shape index (κ3) is 3.70. The van der Waals surface area contributed by atoms with Gasteiger partial charge in [0.15, 0.2) is 6.61 Å². The summed E-state index contributed by atoms with van der Waals surface area (Å²) in [5.41, 5.74) is -0.146. The summed E-state index contributed by atoms with van der Waals surface area (Å²) in [5, 5.41) is 3.66. The van der Waals surface area contributed by atoms with Crippen LogP contribution >= 0.6 is 0 Å². The fourth-order valence-corrected chi connectivity index (χ4v) is 2.04. The number of carbonyl (C=O) groups excluding carboxylic acids is 1. The summed E-state index contributed by atoms with van der Waals surface area (Å²) in [5.74, 6) is -0.0786. The van der Waals surface area contributed by atoms with E-state index >= 15 is 0 Å². The van der Waals surface area contributed by atoms with Crippen molar-refractivity contribution in [1.29, 1.82) is 0 Å². The molecule has 0 aliphatic heterocycles. The predicted octanol–water partition coefficient (Wildman–Crippen LogP) is 4.01. The first-order valence-corrected chi connectivity index (χ1v) is 7.06. The Morgan fingerprint density at radius 3 is 2.52 bits per heavy atom. The second-order valence-corrected chi connectivity index (χ2v) is 5.05. The monoisotopic (exact) mass is 352 g/mol. The molecule has 1 aromatic carbocycles. The van der Waals surface area contributed by atoms with Gasteiger partial charge in [-0.15, -0.1) is 0 Å². The summed E-state index contributed by atoms with van der Waals surface area (Å²) in [6.45, 7) is 1.35. The van der Waals surface area contributed by atoms with Gasteiger partial charge in [-0.25, -0.2) is 4.79 Å². The Hall–Kier alpha value is -3.10. The summed E-state index contributed by atoms with van der Waals surface area (Å²) in [7, 11) is 0. The minimum absolute atomic E-state index is 0.0180. The van der Waals surface area contributed by atoms with E-state index in [4.69, 9.17) is 13.7 Å². The van der Waals surface area contributed by atoms with Crippen LogP contribution in [0.2, 0.25) is 0 Å². The van der Waals surface area contributed by atoms with Gasteiger partial charge in [0, 0.05) is 5.56 Å². The predicted molar refractivity (Wildman–Crippen MR) is 77.3 cm³/mol. The van der Waals surface area contributed by atoms with Crippen molar-refractivity contribution in [1.82, 2.24) is 10.1 Å². The van der Waals surface area contributed by atoms with Gasteiger partial charge in [-0.1, -0.05) is 17.3 Å². The largest absolute Gasteiger partial charge is 0.469 e. The minimum Gasteiger partial charge on any atom is -0.469 e. The molecule has 2 aromatic heterocycles. The van der Waals surface area contributed by atoms with Gasteiger partial charge >= 0.3 is 12.1 Å². The summed E-state index contributed by atoms with van der Waals surface area (Å²) < 4.78 is 52.6. The van der Waals surface area contributed by atoms with Crippen molar-refractivity contribution in [2.45, 2.75) is 19.7 Å². The number of carbonyl (C=O) groups is 1. The molecule has 0 saturated heterocycles. The number of esters is 1. The molecule has 0 unspecified atom stereocenters. The van der Waals surface area contributed by atoms with Gasteiger partial charge in [0.2, 0.25) is 5.82 Å². The van der Waals surface area contributed by atoms with E-state index in [9.17, 15) is 18.0 Å². The lowest BCUT2D eigenvalue weighted by molar-refractivity contribution is -0.137. The van der Waals surface area contributed by atoms with Gasteiger partial charge < -0.3 is 13.7 Å². The van der Waals surface area contributed by atoms with Crippen LogP contribution in [0.3, 0.4) is 0 Å². The van der Waals surface area contributed by atoms with Crippen molar-refractivity contribution in [3.05, 3.63) is 59.4 Å². The van der Waals surface area contributed by atoms with E-state index in [1.165, 1.54) is 24.5 Å². The van der Waals surface area contributed by atoms with Crippen molar-refractivity contribution >= 4 is 5.97 Å². The maximum atomic E-state index is 12.5. The Kier molecular flexibility index (Phi) is 4.30. The number of nitrogens with zero attached hydrogens (tertiary/aromatic N) is 2. The number of halogens is 3. The second-order valence-electron chi connectivity index (χ2n) is 5.05. The van der Waals surface area contributed by atoms with Crippen LogP contribution in [-0.2, 0) is 17.5 Å². The van der Waals surface area contributed by atoms with Crippen LogP contribution < -0.4 is 0 Å². The smallest absolute Gasteiger partial charge is 0.416 e. The van der Waals surface area contributed by atoms with Crippen molar-refractivity contribution in [3.8, 4) is 11.4 Å². The molecule has 130 valence electrons. The van der Waals surface area contributed by atoms with E-state index in [-0.39, 0.29) is 23.9 Å². The van der Waals surface area contributed by atoms with Crippen LogP contribution in [0, 0.1) is 6.92 Å². The fourth-order valence-electron chi connectivity index (χ4n) is 2.04. The van der Waals surface area contributed by atoms with E-state index in [1.54, 1.807) is 6.92 Å². The number of furan rings is 1. The second kappa shape index (κ2) is 6.42. The number of aromatic nitrogens is 2. The van der Waals surface area contributed by atoms with Gasteiger partial charge in [0.05, 0.1) is 11.8 Å². The molecule has 0 atom stereocenters. The summed E-state index contributed by atoms with van der Waals surface area (Å²) in [4.78, 5) is 15.8. The standard InChI is InChI=1S/C16H11F3N2O4/c1-9-12(6-7-23-9)15(22)24-8-13-20-14(21-25-13)10-2-4-11(5-3-10)16(17,18)19/h2-7H,8H2,1H3. The summed E-state index contributed by atoms with van der Waals surface area (Å²) in [6, 6.07) is 5.79. The molecular weight excluding hydrogens is 341 g/mol. The first-order valence-electron chi connectivity index (χ1n) is 7.06. The Bertz CT molecular complexity index is 881. The van der Waals surface area contributed by atoms with Gasteiger partial charge in [0.25, 0.3) is 5.89 Å². The van der Waals surface area contributed by atoms with Crippen LogP contribution in [0.5, 0.6) is 0 Å². The first-order chi connectivity index (χ1) is 11.8. The molecule has 9 heteroatoms. The van der Waals surface area contributed by atoms with Crippen LogP contribution in [0.1, 0.15) is 27.6 Å². The van der Waals surface area contributed by atoms with E-state index in [0.29, 0.717) is 11.3 Å². The molecule has 2 heterocycles. The highest BCUT2D eigenvalue weighted by Gasteiger charge is 2.30. The van der Waals surface area contributed by atoms with Crippen LogP contribution in [0.25, 0.3) is 11.4 Å². The zero-order chi connectivity index (χ0) is 18.0. The van der Waals surface area contributed by atoms with Crippen molar-refractivity contribution in [2.24, 2.45) is 0 Å². The van der Waals surface area contributed by atoms with E-state index in [1.807, 2.05) is 0 Å². The van der Waals surface area contributed by atoms with Crippen molar-refractivity contribution in [3.63, 3.8) is 0 Å². The number of benzene rings is 1. The number of alkyl halides is 3. The number of rotatable bonds is 4.